The van der Waals surface area contributed by atoms with Gasteiger partial charge in [-0.25, -0.2) is 8.42 Å². The van der Waals surface area contributed by atoms with Crippen LogP contribution >= 0.6 is 0 Å². The molecule has 0 fully saturated rings. The summed E-state index contributed by atoms with van der Waals surface area (Å²) in [6.45, 7) is 5.01. The van der Waals surface area contributed by atoms with Crippen LogP contribution in [0, 0.1) is 6.92 Å². The molecule has 4 rings (SSSR count). The average Bonchev–Trinajstić information content (AvgIpc) is 3.30. The summed E-state index contributed by atoms with van der Waals surface area (Å²) < 4.78 is 39.6. The maximum absolute atomic E-state index is 13.7. The molecule has 3 aromatic rings. The van der Waals surface area contributed by atoms with E-state index in [2.05, 4.69) is 10.5 Å². The number of carbonyl (C=O) groups excluding carboxylic acids is 1. The fraction of sp³-hybridized carbons (Fsp3) is 0.250. The number of sulfonamides is 1. The summed E-state index contributed by atoms with van der Waals surface area (Å²) in [5.74, 6) is 0.386. The molecule has 1 atom stereocenters. The number of anilines is 2. The van der Waals surface area contributed by atoms with Gasteiger partial charge in [0, 0.05) is 13.0 Å². The first kappa shape index (κ1) is 22.6. The topological polar surface area (TPSA) is 102 Å². The number of ether oxygens (including phenoxy) is 1. The van der Waals surface area contributed by atoms with Crippen LogP contribution in [0.1, 0.15) is 36.4 Å². The Hall–Kier alpha value is -3.59. The van der Waals surface area contributed by atoms with E-state index in [0.717, 1.165) is 5.56 Å². The number of hydrogen-bond donors (Lipinski definition) is 1. The zero-order chi connectivity index (χ0) is 23.8. The molecule has 0 saturated carbocycles. The number of hydrogen-bond acceptors (Lipinski definition) is 6. The van der Waals surface area contributed by atoms with Crippen LogP contribution in [0.3, 0.4) is 0 Å². The second-order valence-electron chi connectivity index (χ2n) is 7.91. The Balaban J connectivity index is 1.73. The van der Waals surface area contributed by atoms with E-state index in [4.69, 9.17) is 9.26 Å². The Labute approximate surface area is 192 Å². The Bertz CT molecular complexity index is 1340. The number of aromatic nitrogens is 1. The van der Waals surface area contributed by atoms with Crippen LogP contribution in [0.4, 0.5) is 11.4 Å². The van der Waals surface area contributed by atoms with Gasteiger partial charge in [-0.3, -0.25) is 9.10 Å². The summed E-state index contributed by atoms with van der Waals surface area (Å²) in [7, 11) is -2.44. The van der Waals surface area contributed by atoms with Gasteiger partial charge >= 0.3 is 0 Å². The Morgan fingerprint density at radius 3 is 2.73 bits per heavy atom. The highest BCUT2D eigenvalue weighted by molar-refractivity contribution is 7.93. The van der Waals surface area contributed by atoms with Crippen molar-refractivity contribution in [2.75, 3.05) is 16.7 Å². The first-order valence-electron chi connectivity index (χ1n) is 10.4. The number of rotatable bonds is 6. The van der Waals surface area contributed by atoms with Gasteiger partial charge in [0.2, 0.25) is 5.91 Å². The van der Waals surface area contributed by atoms with Crippen molar-refractivity contribution in [1.29, 1.82) is 0 Å². The normalized spacial score (nSPS) is 15.6. The van der Waals surface area contributed by atoms with Crippen LogP contribution in [-0.2, 0) is 21.2 Å². The molecule has 2 aromatic carbocycles. The highest BCUT2D eigenvalue weighted by Crippen LogP contribution is 2.39. The molecule has 0 aliphatic carbocycles. The van der Waals surface area contributed by atoms with Crippen LogP contribution in [-0.4, -0.2) is 32.6 Å². The quantitative estimate of drug-likeness (QED) is 0.581. The Morgan fingerprint density at radius 1 is 1.24 bits per heavy atom. The number of carbonyl (C=O) groups is 1. The molecule has 33 heavy (non-hydrogen) atoms. The van der Waals surface area contributed by atoms with Crippen LogP contribution in [0.5, 0.6) is 5.75 Å². The van der Waals surface area contributed by atoms with E-state index in [-0.39, 0.29) is 22.6 Å². The standard InChI is InChI=1S/C24H25N3O5S/c1-15-13-19-7-5-6-8-20(19)27(15)33(29,30)23-14-18(9-11-21(23)31-4)10-12-22-24(25-17(3)28)16(2)26-32-22/h5-12,14-15H,13H2,1-4H3,(H,25,28)/b12-10-. The van der Waals surface area contributed by atoms with Gasteiger partial charge in [0.1, 0.15) is 22.0 Å². The van der Waals surface area contributed by atoms with Crippen molar-refractivity contribution in [3.8, 4) is 5.75 Å². The number of methoxy groups -OCH3 is 1. The number of nitrogens with zero attached hydrogens (tertiary/aromatic N) is 2. The smallest absolute Gasteiger partial charge is 0.268 e. The molecule has 2 heterocycles. The van der Waals surface area contributed by atoms with Gasteiger partial charge in [0.05, 0.1) is 12.8 Å². The SMILES string of the molecule is COc1ccc(/C=C\c2onc(C)c2NC(C)=O)cc1S(=O)(=O)N1c2ccccc2CC1C. The van der Waals surface area contributed by atoms with Crippen LogP contribution in [0.2, 0.25) is 0 Å². The zero-order valence-electron chi connectivity index (χ0n) is 18.8. The lowest BCUT2D eigenvalue weighted by molar-refractivity contribution is -0.114. The van der Waals surface area contributed by atoms with Gasteiger partial charge in [-0.05, 0) is 55.7 Å². The molecule has 0 spiro atoms. The number of para-hydroxylation sites is 1. The first-order valence-corrected chi connectivity index (χ1v) is 11.9. The molecule has 1 amide bonds. The van der Waals surface area contributed by atoms with E-state index in [1.54, 1.807) is 37.3 Å². The monoisotopic (exact) mass is 467 g/mol. The predicted molar refractivity (Wildman–Crippen MR) is 127 cm³/mol. The van der Waals surface area contributed by atoms with Crippen molar-refractivity contribution in [2.45, 2.75) is 38.1 Å². The van der Waals surface area contributed by atoms with Crippen molar-refractivity contribution >= 4 is 39.5 Å². The zero-order valence-corrected chi connectivity index (χ0v) is 19.6. The molecular formula is C24H25N3O5S. The highest BCUT2D eigenvalue weighted by Gasteiger charge is 2.37. The van der Waals surface area contributed by atoms with Crippen molar-refractivity contribution < 1.29 is 22.5 Å². The predicted octanol–water partition coefficient (Wildman–Crippen LogP) is 4.26. The highest BCUT2D eigenvalue weighted by atomic mass is 32.2. The van der Waals surface area contributed by atoms with Gasteiger partial charge in [-0.1, -0.05) is 35.5 Å². The summed E-state index contributed by atoms with van der Waals surface area (Å²) in [5.41, 5.74) is 3.32. The van der Waals surface area contributed by atoms with E-state index >= 15 is 0 Å². The average molecular weight is 468 g/mol. The third-order valence-electron chi connectivity index (χ3n) is 5.49. The number of nitrogens with one attached hydrogen (secondary N) is 1. The first-order chi connectivity index (χ1) is 15.7. The molecule has 1 aliphatic heterocycles. The minimum absolute atomic E-state index is 0.0755. The van der Waals surface area contributed by atoms with E-state index in [9.17, 15) is 13.2 Å². The third kappa shape index (κ3) is 4.23. The molecule has 0 bridgehead atoms. The fourth-order valence-corrected chi connectivity index (χ4v) is 5.90. The number of aryl methyl sites for hydroxylation is 1. The van der Waals surface area contributed by atoms with Crippen LogP contribution in [0.15, 0.2) is 51.9 Å². The molecule has 0 radical (unpaired) electrons. The summed E-state index contributed by atoms with van der Waals surface area (Å²) in [6.07, 6.45) is 3.98. The molecule has 1 aliphatic rings. The lowest BCUT2D eigenvalue weighted by Gasteiger charge is -2.25. The molecule has 172 valence electrons. The molecule has 1 unspecified atom stereocenters. The van der Waals surface area contributed by atoms with Crippen molar-refractivity contribution in [3.63, 3.8) is 0 Å². The van der Waals surface area contributed by atoms with E-state index < -0.39 is 10.0 Å². The maximum Gasteiger partial charge on any atom is 0.268 e. The fourth-order valence-electron chi connectivity index (χ4n) is 4.01. The van der Waals surface area contributed by atoms with Gasteiger partial charge in [-0.15, -0.1) is 0 Å². The van der Waals surface area contributed by atoms with Crippen LogP contribution < -0.4 is 14.4 Å². The molecule has 1 aromatic heterocycles. The Morgan fingerprint density at radius 2 is 2.00 bits per heavy atom. The van der Waals surface area contributed by atoms with Gasteiger partial charge in [0.25, 0.3) is 10.0 Å². The van der Waals surface area contributed by atoms with E-state index in [1.807, 2.05) is 31.2 Å². The number of amides is 1. The summed E-state index contributed by atoms with van der Waals surface area (Å²) in [6, 6.07) is 12.2. The minimum atomic E-state index is -3.89. The second-order valence-corrected chi connectivity index (χ2v) is 9.70. The molecule has 9 heteroatoms. The third-order valence-corrected chi connectivity index (χ3v) is 7.44. The molecule has 8 nitrogen and oxygen atoms in total. The summed E-state index contributed by atoms with van der Waals surface area (Å²) in [4.78, 5) is 11.5. The van der Waals surface area contributed by atoms with Gasteiger partial charge in [0.15, 0.2) is 5.76 Å². The van der Waals surface area contributed by atoms with Crippen molar-refractivity contribution in [2.24, 2.45) is 0 Å². The van der Waals surface area contributed by atoms with Crippen LogP contribution in [0.25, 0.3) is 12.2 Å². The summed E-state index contributed by atoms with van der Waals surface area (Å²) in [5, 5.41) is 6.58. The Kier molecular flexibility index (Phi) is 5.99. The van der Waals surface area contributed by atoms with E-state index in [0.29, 0.717) is 34.8 Å². The van der Waals surface area contributed by atoms with Gasteiger partial charge in [-0.2, -0.15) is 0 Å². The number of benzene rings is 2. The molecular weight excluding hydrogens is 442 g/mol. The number of fused-ring (bicyclic) bond motifs is 1. The van der Waals surface area contributed by atoms with E-state index in [1.165, 1.54) is 18.3 Å². The second kappa shape index (κ2) is 8.74. The lowest BCUT2D eigenvalue weighted by atomic mass is 10.1. The minimum Gasteiger partial charge on any atom is -0.495 e. The van der Waals surface area contributed by atoms with Crippen molar-refractivity contribution in [1.82, 2.24) is 5.16 Å². The summed E-state index contributed by atoms with van der Waals surface area (Å²) >= 11 is 0. The van der Waals surface area contributed by atoms with Crippen molar-refractivity contribution in [3.05, 3.63) is 65.0 Å². The lowest BCUT2D eigenvalue weighted by Crippen LogP contribution is -2.36. The maximum atomic E-state index is 13.7. The molecule has 0 saturated heterocycles. The largest absolute Gasteiger partial charge is 0.495 e. The van der Waals surface area contributed by atoms with Gasteiger partial charge < -0.3 is 14.6 Å². The molecule has 1 N–H and O–H groups in total.